The fourth-order valence-electron chi connectivity index (χ4n) is 4.18. The van der Waals surface area contributed by atoms with Crippen LogP contribution in [0.3, 0.4) is 0 Å². The molecule has 3 aromatic rings. The Bertz CT molecular complexity index is 1210. The first-order chi connectivity index (χ1) is 14.8. The van der Waals surface area contributed by atoms with Gasteiger partial charge in [0.25, 0.3) is 5.69 Å². The van der Waals surface area contributed by atoms with Crippen LogP contribution in [0, 0.1) is 10.1 Å². The largest absolute Gasteiger partial charge is 0.462 e. The molecule has 3 aromatic carbocycles. The Morgan fingerprint density at radius 1 is 1.06 bits per heavy atom. The van der Waals surface area contributed by atoms with Crippen molar-refractivity contribution in [3.63, 3.8) is 0 Å². The van der Waals surface area contributed by atoms with Gasteiger partial charge in [0.2, 0.25) is 5.72 Å². The number of hydrogen-bond donors (Lipinski definition) is 0. The van der Waals surface area contributed by atoms with Crippen molar-refractivity contribution in [3.05, 3.63) is 104 Å². The van der Waals surface area contributed by atoms with E-state index in [4.69, 9.17) is 33.0 Å². The molecule has 0 saturated carbocycles. The van der Waals surface area contributed by atoms with Crippen LogP contribution < -0.4 is 4.74 Å². The smallest absolute Gasteiger partial charge is 0.269 e. The lowest BCUT2D eigenvalue weighted by Crippen LogP contribution is -2.48. The Morgan fingerprint density at radius 3 is 2.42 bits per heavy atom. The second-order valence-corrected chi connectivity index (χ2v) is 8.56. The van der Waals surface area contributed by atoms with Gasteiger partial charge in [-0.15, -0.1) is 0 Å². The molecule has 0 bridgehead atoms. The second kappa shape index (κ2) is 7.25. The van der Waals surface area contributed by atoms with Gasteiger partial charge in [-0.3, -0.25) is 10.1 Å². The minimum absolute atomic E-state index is 0.0265. The lowest BCUT2D eigenvalue weighted by Gasteiger charge is -2.46. The molecule has 8 heteroatoms. The average Bonchev–Trinajstić information content (AvgIpc) is 3.22. The number of nitro groups is 1. The molecule has 2 heterocycles. The summed E-state index contributed by atoms with van der Waals surface area (Å²) in [6.07, 6.45) is 0.668. The molecule has 0 aromatic heterocycles. The fraction of sp³-hybridized carbons (Fsp3) is 0.174. The lowest BCUT2D eigenvalue weighted by molar-refractivity contribution is -0.384. The third-order valence-electron chi connectivity index (χ3n) is 5.78. The molecule has 31 heavy (non-hydrogen) atoms. The number of ether oxygens (including phenoxy) is 1. The van der Waals surface area contributed by atoms with E-state index in [0.717, 1.165) is 28.2 Å². The van der Waals surface area contributed by atoms with Crippen molar-refractivity contribution < 1.29 is 9.66 Å². The molecule has 0 saturated heterocycles. The van der Waals surface area contributed by atoms with Crippen LogP contribution in [0.4, 0.5) is 5.69 Å². The van der Waals surface area contributed by atoms with E-state index in [0.29, 0.717) is 16.5 Å². The third-order valence-corrected chi connectivity index (χ3v) is 6.27. The number of fused-ring (bicyclic) bond motifs is 3. The van der Waals surface area contributed by atoms with Gasteiger partial charge in [0.15, 0.2) is 0 Å². The Morgan fingerprint density at radius 2 is 1.74 bits per heavy atom. The monoisotopic (exact) mass is 453 g/mol. The highest BCUT2D eigenvalue weighted by Gasteiger charge is 2.49. The Labute approximate surface area is 188 Å². The molecule has 0 aliphatic carbocycles. The van der Waals surface area contributed by atoms with Crippen molar-refractivity contribution in [1.82, 2.24) is 5.01 Å². The minimum atomic E-state index is -0.950. The molecule has 0 spiro atoms. The van der Waals surface area contributed by atoms with Gasteiger partial charge in [-0.05, 0) is 48.0 Å². The summed E-state index contributed by atoms with van der Waals surface area (Å²) in [6, 6.07) is 19.4. The Balaban J connectivity index is 1.63. The maximum atomic E-state index is 11.1. The van der Waals surface area contributed by atoms with E-state index in [1.54, 1.807) is 18.2 Å². The van der Waals surface area contributed by atoms with Crippen LogP contribution in [-0.4, -0.2) is 15.6 Å². The summed E-state index contributed by atoms with van der Waals surface area (Å²) in [6.45, 7) is 1.92. The number of halogens is 2. The van der Waals surface area contributed by atoms with Crippen molar-refractivity contribution in [3.8, 4) is 5.75 Å². The maximum Gasteiger partial charge on any atom is 0.269 e. The van der Waals surface area contributed by atoms with Crippen LogP contribution >= 0.6 is 23.2 Å². The topological polar surface area (TPSA) is 68.0 Å². The number of hydrazone groups is 1. The normalized spacial score (nSPS) is 21.7. The molecule has 0 fully saturated rings. The number of non-ortho nitro benzene ring substituents is 1. The maximum absolute atomic E-state index is 11.1. The molecular formula is C23H17Cl2N3O3. The molecule has 2 aliphatic rings. The van der Waals surface area contributed by atoms with E-state index < -0.39 is 10.6 Å². The number of hydrogen-bond acceptors (Lipinski definition) is 5. The summed E-state index contributed by atoms with van der Waals surface area (Å²) < 4.78 is 6.45. The van der Waals surface area contributed by atoms with Crippen LogP contribution in [0.1, 0.15) is 36.1 Å². The number of nitrogens with zero attached hydrogens (tertiary/aromatic N) is 3. The third kappa shape index (κ3) is 3.32. The number of nitro benzene ring substituents is 1. The molecular weight excluding hydrogens is 437 g/mol. The van der Waals surface area contributed by atoms with E-state index >= 15 is 0 Å². The van der Waals surface area contributed by atoms with E-state index in [1.807, 2.05) is 48.3 Å². The number of rotatable bonds is 3. The summed E-state index contributed by atoms with van der Waals surface area (Å²) in [7, 11) is 0. The van der Waals surface area contributed by atoms with Crippen molar-refractivity contribution in [1.29, 1.82) is 0 Å². The van der Waals surface area contributed by atoms with E-state index in [-0.39, 0.29) is 11.7 Å². The average molecular weight is 454 g/mol. The molecule has 6 nitrogen and oxygen atoms in total. The van der Waals surface area contributed by atoms with Crippen LogP contribution in [0.15, 0.2) is 71.8 Å². The summed E-state index contributed by atoms with van der Waals surface area (Å²) in [5.74, 6) is 0.721. The first-order valence-corrected chi connectivity index (χ1v) is 10.5. The Hall–Kier alpha value is -3.09. The zero-order chi connectivity index (χ0) is 21.8. The zero-order valence-corrected chi connectivity index (χ0v) is 18.0. The van der Waals surface area contributed by atoms with Gasteiger partial charge in [0.1, 0.15) is 5.75 Å². The summed E-state index contributed by atoms with van der Waals surface area (Å²) >= 11 is 12.3. The van der Waals surface area contributed by atoms with Gasteiger partial charge in [-0.2, -0.15) is 5.10 Å². The van der Waals surface area contributed by atoms with Gasteiger partial charge in [-0.25, -0.2) is 5.01 Å². The van der Waals surface area contributed by atoms with Crippen LogP contribution in [0.5, 0.6) is 5.75 Å². The van der Waals surface area contributed by atoms with E-state index in [1.165, 1.54) is 12.1 Å². The fourth-order valence-corrected chi connectivity index (χ4v) is 4.49. The lowest BCUT2D eigenvalue weighted by atomic mass is 9.92. The van der Waals surface area contributed by atoms with Gasteiger partial charge in [0.05, 0.1) is 16.7 Å². The summed E-state index contributed by atoms with van der Waals surface area (Å²) in [5, 5.41) is 19.2. The predicted molar refractivity (Wildman–Crippen MR) is 120 cm³/mol. The molecule has 0 radical (unpaired) electrons. The summed E-state index contributed by atoms with van der Waals surface area (Å²) in [5.41, 5.74) is 2.69. The van der Waals surface area contributed by atoms with E-state index in [2.05, 4.69) is 0 Å². The molecule has 2 atom stereocenters. The first-order valence-electron chi connectivity index (χ1n) is 9.71. The van der Waals surface area contributed by atoms with Gasteiger partial charge < -0.3 is 4.74 Å². The van der Waals surface area contributed by atoms with Crippen molar-refractivity contribution in [2.45, 2.75) is 25.1 Å². The molecule has 5 rings (SSSR count). The van der Waals surface area contributed by atoms with Crippen LogP contribution in [-0.2, 0) is 5.72 Å². The Kier molecular flexibility index (Phi) is 4.64. The SMILES string of the molecule is C[C@]1(c2ccc([N+](=O)[O-])cc2)Oc2ccc(Cl)cc2[C@@H]2CC(c3ccc(Cl)cc3)=NN21. The zero-order valence-electron chi connectivity index (χ0n) is 16.5. The van der Waals surface area contributed by atoms with Crippen molar-refractivity contribution >= 4 is 34.6 Å². The second-order valence-electron chi connectivity index (χ2n) is 7.69. The highest BCUT2D eigenvalue weighted by atomic mass is 35.5. The van der Waals surface area contributed by atoms with Gasteiger partial charge >= 0.3 is 0 Å². The molecule has 0 N–H and O–H groups in total. The predicted octanol–water partition coefficient (Wildman–Crippen LogP) is 6.32. The highest BCUT2D eigenvalue weighted by Crippen LogP contribution is 2.51. The van der Waals surface area contributed by atoms with Gasteiger partial charge in [0, 0.05) is 46.6 Å². The molecule has 0 unspecified atom stereocenters. The summed E-state index contributed by atoms with van der Waals surface area (Å²) in [4.78, 5) is 10.7. The highest BCUT2D eigenvalue weighted by molar-refractivity contribution is 6.31. The first kappa shape index (κ1) is 19.8. The van der Waals surface area contributed by atoms with Crippen molar-refractivity contribution in [2.24, 2.45) is 5.10 Å². The van der Waals surface area contributed by atoms with Crippen LogP contribution in [0.25, 0.3) is 0 Å². The number of benzene rings is 3. The minimum Gasteiger partial charge on any atom is -0.462 e. The molecule has 0 amide bonds. The molecule has 156 valence electrons. The standard InChI is InChI=1S/C23H17Cl2N3O3/c1-23(15-4-9-18(10-5-15)28(29)30)27-21(19-12-17(25)8-11-22(19)31-23)13-20(26-27)14-2-6-16(24)7-3-14/h2-12,21H,13H2,1H3/t21-,23+/m0/s1. The van der Waals surface area contributed by atoms with Crippen LogP contribution in [0.2, 0.25) is 10.0 Å². The molecule has 2 aliphatic heterocycles. The van der Waals surface area contributed by atoms with E-state index in [9.17, 15) is 10.1 Å². The quantitative estimate of drug-likeness (QED) is 0.343. The van der Waals surface area contributed by atoms with Crippen molar-refractivity contribution in [2.75, 3.05) is 0 Å². The van der Waals surface area contributed by atoms with Gasteiger partial charge in [-0.1, -0.05) is 35.3 Å².